The fourth-order valence-electron chi connectivity index (χ4n) is 9.02. The lowest BCUT2D eigenvalue weighted by molar-refractivity contribution is 1.18. The lowest BCUT2D eigenvalue weighted by Gasteiger charge is -2.11. The van der Waals surface area contributed by atoms with Gasteiger partial charge in [-0.25, -0.2) is 0 Å². The summed E-state index contributed by atoms with van der Waals surface area (Å²) in [5.41, 5.74) is 12.9. The maximum atomic E-state index is 10.00. The van der Waals surface area contributed by atoms with E-state index in [4.69, 9.17) is 2.74 Å². The van der Waals surface area contributed by atoms with E-state index >= 15 is 0 Å². The van der Waals surface area contributed by atoms with Crippen molar-refractivity contribution in [3.63, 3.8) is 0 Å². The van der Waals surface area contributed by atoms with Gasteiger partial charge in [-0.05, 0) is 116 Å². The van der Waals surface area contributed by atoms with Crippen LogP contribution in [0.1, 0.15) is 9.60 Å². The van der Waals surface area contributed by atoms with Gasteiger partial charge in [0.25, 0.3) is 0 Å². The van der Waals surface area contributed by atoms with E-state index in [1.54, 1.807) is 4.57 Å². The summed E-state index contributed by atoms with van der Waals surface area (Å²) in [5.74, 6) is 0. The van der Waals surface area contributed by atoms with Crippen LogP contribution in [0.2, 0.25) is 0 Å². The van der Waals surface area contributed by atoms with Crippen molar-refractivity contribution in [3.8, 4) is 67.0 Å². The Morgan fingerprint density at radius 1 is 0.290 bits per heavy atom. The van der Waals surface area contributed by atoms with Crippen LogP contribution in [0.3, 0.4) is 0 Å². The Labute approximate surface area is 370 Å². The number of benzene rings is 10. The molecule has 0 unspecified atom stereocenters. The standard InChI is InChI=1S/C60H40N2/c1-4-14-41(15-5-1)43-26-28-44(29-27-43)45-30-34-50(35-31-45)61-58-37-33-49(40-55(58)60-52(23-13-25-59(60)61)46-18-8-3-9-19-46)48-32-36-57-54(39-48)53-22-10-11-24-56(53)62(57)51-21-12-20-47(38-51)42-16-6-2-7-17-42/h1-40H/i10D,11D,22D,24D,32D,36D,39D. The van der Waals surface area contributed by atoms with E-state index in [0.717, 1.165) is 66.4 Å². The first-order valence-electron chi connectivity index (χ1n) is 24.3. The summed E-state index contributed by atoms with van der Waals surface area (Å²) in [4.78, 5) is 0. The van der Waals surface area contributed by atoms with Crippen molar-refractivity contribution in [2.24, 2.45) is 0 Å². The summed E-state index contributed by atoms with van der Waals surface area (Å²) < 4.78 is 69.3. The van der Waals surface area contributed by atoms with E-state index in [1.807, 2.05) is 109 Å². The molecule has 0 aliphatic rings. The molecule has 12 rings (SSSR count). The minimum Gasteiger partial charge on any atom is -0.309 e. The first-order chi connectivity index (χ1) is 33.7. The van der Waals surface area contributed by atoms with E-state index in [-0.39, 0.29) is 57.6 Å². The van der Waals surface area contributed by atoms with E-state index in [1.165, 1.54) is 5.56 Å². The van der Waals surface area contributed by atoms with Crippen LogP contribution in [0.25, 0.3) is 111 Å². The Kier molecular flexibility index (Phi) is 6.95. The summed E-state index contributed by atoms with van der Waals surface area (Å²) in [7, 11) is 0. The van der Waals surface area contributed by atoms with Crippen LogP contribution in [-0.4, -0.2) is 9.13 Å². The highest BCUT2D eigenvalue weighted by atomic mass is 15.0. The lowest BCUT2D eigenvalue weighted by atomic mass is 9.97. The second-order valence-corrected chi connectivity index (χ2v) is 15.6. The van der Waals surface area contributed by atoms with Gasteiger partial charge in [-0.15, -0.1) is 0 Å². The number of para-hydroxylation sites is 1. The average molecular weight is 796 g/mol. The number of rotatable bonds is 7. The SMILES string of the molecule is [2H]c1c([2H])c([2H])c2c(c1[2H])c1c([2H])c(-c3ccc4c(c3)c3c(-c5ccccc5)cccc3n4-c3ccc(-c4ccc(-c5ccccc5)cc4)cc3)c([2H])c([2H])c1n2-c1cccc(-c2ccccc2)c1. The van der Waals surface area contributed by atoms with Crippen LogP contribution in [0.5, 0.6) is 0 Å². The molecule has 0 radical (unpaired) electrons. The summed E-state index contributed by atoms with van der Waals surface area (Å²) in [6.45, 7) is 0. The third kappa shape index (κ3) is 6.04. The first-order valence-corrected chi connectivity index (χ1v) is 20.8. The van der Waals surface area contributed by atoms with Crippen LogP contribution < -0.4 is 0 Å². The molecule has 10 aromatic carbocycles. The minimum absolute atomic E-state index is 0.0854. The predicted octanol–water partition coefficient (Wildman–Crippen LogP) is 16.2. The van der Waals surface area contributed by atoms with Gasteiger partial charge >= 0.3 is 0 Å². The second kappa shape index (κ2) is 14.8. The molecule has 0 spiro atoms. The second-order valence-electron chi connectivity index (χ2n) is 15.6. The number of nitrogens with zero attached hydrogens (tertiary/aromatic N) is 2. The Bertz CT molecular complexity index is 3990. The van der Waals surface area contributed by atoms with Gasteiger partial charge in [-0.3, -0.25) is 0 Å². The Morgan fingerprint density at radius 2 is 0.823 bits per heavy atom. The fraction of sp³-hybridized carbons (Fsp3) is 0. The van der Waals surface area contributed by atoms with Crippen LogP contribution in [0.4, 0.5) is 0 Å². The summed E-state index contributed by atoms with van der Waals surface area (Å²) >= 11 is 0. The average Bonchev–Trinajstić information content (AvgIpc) is 3.94. The molecule has 12 aromatic rings. The van der Waals surface area contributed by atoms with Crippen molar-refractivity contribution in [2.45, 2.75) is 0 Å². The zero-order valence-electron chi connectivity index (χ0n) is 40.4. The molecule has 62 heavy (non-hydrogen) atoms. The summed E-state index contributed by atoms with van der Waals surface area (Å²) in [6.07, 6.45) is 0. The molecule has 0 aliphatic carbocycles. The normalized spacial score (nSPS) is 13.1. The van der Waals surface area contributed by atoms with Crippen molar-refractivity contribution >= 4 is 43.6 Å². The van der Waals surface area contributed by atoms with Gasteiger partial charge in [0.1, 0.15) is 0 Å². The molecule has 2 heteroatoms. The van der Waals surface area contributed by atoms with Crippen molar-refractivity contribution in [2.75, 3.05) is 0 Å². The molecule has 0 bridgehead atoms. The molecule has 2 nitrogen and oxygen atoms in total. The molecule has 290 valence electrons. The maximum absolute atomic E-state index is 10.00. The van der Waals surface area contributed by atoms with Crippen molar-refractivity contribution in [3.05, 3.63) is 242 Å². The van der Waals surface area contributed by atoms with Crippen LogP contribution >= 0.6 is 0 Å². The highest BCUT2D eigenvalue weighted by Crippen LogP contribution is 2.42. The largest absolute Gasteiger partial charge is 0.309 e. The zero-order chi connectivity index (χ0) is 47.1. The molecule has 0 saturated heterocycles. The number of fused-ring (bicyclic) bond motifs is 6. The maximum Gasteiger partial charge on any atom is 0.0645 e. The molecular formula is C60H40N2. The quantitative estimate of drug-likeness (QED) is 0.152. The van der Waals surface area contributed by atoms with Crippen LogP contribution in [0.15, 0.2) is 242 Å². The highest BCUT2D eigenvalue weighted by Gasteiger charge is 2.19. The predicted molar refractivity (Wildman–Crippen MR) is 262 cm³/mol. The van der Waals surface area contributed by atoms with Gasteiger partial charge < -0.3 is 9.13 Å². The number of aromatic nitrogens is 2. The van der Waals surface area contributed by atoms with Gasteiger partial charge in [0.05, 0.1) is 31.7 Å². The highest BCUT2D eigenvalue weighted by molar-refractivity contribution is 6.17. The molecular weight excluding hydrogens is 749 g/mol. The molecule has 0 amide bonds. The van der Waals surface area contributed by atoms with E-state index < -0.39 is 12.1 Å². The first kappa shape index (κ1) is 29.1. The Balaban J connectivity index is 1.07. The molecule has 0 atom stereocenters. The van der Waals surface area contributed by atoms with Crippen LogP contribution in [0, 0.1) is 0 Å². The van der Waals surface area contributed by atoms with Crippen LogP contribution in [-0.2, 0) is 0 Å². The van der Waals surface area contributed by atoms with Gasteiger partial charge in [0, 0.05) is 32.9 Å². The van der Waals surface area contributed by atoms with E-state index in [0.29, 0.717) is 11.3 Å². The van der Waals surface area contributed by atoms with Crippen molar-refractivity contribution < 1.29 is 9.60 Å². The Hall–Kier alpha value is -8.20. The smallest absolute Gasteiger partial charge is 0.0645 e. The molecule has 2 heterocycles. The Morgan fingerprint density at radius 3 is 1.53 bits per heavy atom. The third-order valence-corrected chi connectivity index (χ3v) is 12.0. The monoisotopic (exact) mass is 795 g/mol. The molecule has 0 saturated carbocycles. The van der Waals surface area contributed by atoms with Gasteiger partial charge in [-0.2, -0.15) is 0 Å². The van der Waals surface area contributed by atoms with Gasteiger partial charge in [0.15, 0.2) is 0 Å². The van der Waals surface area contributed by atoms with Crippen molar-refractivity contribution in [1.29, 1.82) is 0 Å². The summed E-state index contributed by atoms with van der Waals surface area (Å²) in [6, 6.07) is 65.5. The minimum atomic E-state index is -0.427. The molecule has 0 aliphatic heterocycles. The van der Waals surface area contributed by atoms with Gasteiger partial charge in [0.2, 0.25) is 0 Å². The topological polar surface area (TPSA) is 9.86 Å². The fourth-order valence-corrected chi connectivity index (χ4v) is 9.02. The number of hydrogen-bond acceptors (Lipinski definition) is 0. The van der Waals surface area contributed by atoms with Crippen molar-refractivity contribution in [1.82, 2.24) is 9.13 Å². The van der Waals surface area contributed by atoms with E-state index in [9.17, 15) is 6.85 Å². The lowest BCUT2D eigenvalue weighted by Crippen LogP contribution is -1.94. The molecule has 0 fully saturated rings. The molecule has 2 aromatic heterocycles. The third-order valence-electron chi connectivity index (χ3n) is 12.0. The van der Waals surface area contributed by atoms with E-state index in [2.05, 4.69) is 95.6 Å². The summed E-state index contributed by atoms with van der Waals surface area (Å²) in [5, 5.41) is 2.23. The molecule has 0 N–H and O–H groups in total. The van der Waals surface area contributed by atoms with Gasteiger partial charge in [-0.1, -0.05) is 182 Å². The number of hydrogen-bond donors (Lipinski definition) is 0. The zero-order valence-corrected chi connectivity index (χ0v) is 33.4.